The minimum atomic E-state index is 0.208. The molecule has 2 heteroatoms. The lowest BCUT2D eigenvalue weighted by Crippen LogP contribution is -2.46. The Bertz CT molecular complexity index is 125. The highest BCUT2D eigenvalue weighted by atomic mass is 16.5. The van der Waals surface area contributed by atoms with E-state index in [0.717, 1.165) is 13.0 Å². The fraction of sp³-hybridized carbons (Fsp3) is 1.00. The molecule has 13 heavy (non-hydrogen) atoms. The van der Waals surface area contributed by atoms with E-state index in [9.17, 15) is 0 Å². The molecule has 0 spiro atoms. The molecule has 0 rings (SSSR count). The highest BCUT2D eigenvalue weighted by Gasteiger charge is 2.30. The summed E-state index contributed by atoms with van der Waals surface area (Å²) in [6.45, 7) is 11.7. The standard InChI is InChI=1S/C11H25NO/c1-7-9(12-6)10(13-8-2)11(3,4)5/h9-10,12H,7-8H2,1-6H3. The van der Waals surface area contributed by atoms with Gasteiger partial charge in [0.2, 0.25) is 0 Å². The molecule has 0 aliphatic carbocycles. The normalized spacial score (nSPS) is 17.1. The van der Waals surface area contributed by atoms with E-state index in [1.165, 1.54) is 0 Å². The van der Waals surface area contributed by atoms with Crippen molar-refractivity contribution < 1.29 is 4.74 Å². The third-order valence-corrected chi connectivity index (χ3v) is 2.38. The molecule has 0 saturated heterocycles. The van der Waals surface area contributed by atoms with Crippen molar-refractivity contribution in [2.75, 3.05) is 13.7 Å². The first-order valence-electron chi connectivity index (χ1n) is 5.26. The van der Waals surface area contributed by atoms with Gasteiger partial charge in [-0.2, -0.15) is 0 Å². The lowest BCUT2D eigenvalue weighted by Gasteiger charge is -2.36. The molecule has 0 radical (unpaired) electrons. The summed E-state index contributed by atoms with van der Waals surface area (Å²) in [4.78, 5) is 0. The predicted molar refractivity (Wildman–Crippen MR) is 58.0 cm³/mol. The SMILES string of the molecule is CCOC(C(CC)NC)C(C)(C)C. The van der Waals surface area contributed by atoms with Gasteiger partial charge >= 0.3 is 0 Å². The highest BCUT2D eigenvalue weighted by molar-refractivity contribution is 4.84. The van der Waals surface area contributed by atoms with Crippen molar-refractivity contribution in [3.63, 3.8) is 0 Å². The second-order valence-electron chi connectivity index (χ2n) is 4.55. The second kappa shape index (κ2) is 5.61. The van der Waals surface area contributed by atoms with Gasteiger partial charge in [-0.15, -0.1) is 0 Å². The summed E-state index contributed by atoms with van der Waals surface area (Å²) in [6, 6.07) is 0.458. The second-order valence-corrected chi connectivity index (χ2v) is 4.55. The Morgan fingerprint density at radius 3 is 2.00 bits per heavy atom. The van der Waals surface area contributed by atoms with Crippen LogP contribution in [-0.2, 0) is 4.74 Å². The minimum absolute atomic E-state index is 0.208. The molecule has 0 aliphatic heterocycles. The summed E-state index contributed by atoms with van der Waals surface area (Å²) in [5.41, 5.74) is 0.208. The van der Waals surface area contributed by atoms with Crippen molar-refractivity contribution >= 4 is 0 Å². The molecule has 1 N–H and O–H groups in total. The maximum atomic E-state index is 5.79. The molecule has 0 saturated carbocycles. The molecule has 0 heterocycles. The number of ether oxygens (including phenoxy) is 1. The van der Waals surface area contributed by atoms with E-state index in [-0.39, 0.29) is 5.41 Å². The van der Waals surface area contributed by atoms with Crippen LogP contribution in [0.3, 0.4) is 0 Å². The lowest BCUT2D eigenvalue weighted by atomic mass is 9.83. The Kier molecular flexibility index (Phi) is 5.57. The maximum absolute atomic E-state index is 5.79. The Morgan fingerprint density at radius 2 is 1.77 bits per heavy atom. The van der Waals surface area contributed by atoms with E-state index in [2.05, 4.69) is 39.9 Å². The van der Waals surface area contributed by atoms with Gasteiger partial charge < -0.3 is 10.1 Å². The van der Waals surface area contributed by atoms with E-state index in [4.69, 9.17) is 4.74 Å². The number of hydrogen-bond acceptors (Lipinski definition) is 2. The molecule has 0 fully saturated rings. The van der Waals surface area contributed by atoms with E-state index < -0.39 is 0 Å². The fourth-order valence-corrected chi connectivity index (χ4v) is 1.72. The van der Waals surface area contributed by atoms with Crippen molar-refractivity contribution in [3.05, 3.63) is 0 Å². The van der Waals surface area contributed by atoms with Crippen LogP contribution in [-0.4, -0.2) is 25.8 Å². The summed E-state index contributed by atoms with van der Waals surface area (Å²) in [5, 5.41) is 3.32. The van der Waals surface area contributed by atoms with Crippen LogP contribution in [0.25, 0.3) is 0 Å². The molecule has 2 unspecified atom stereocenters. The van der Waals surface area contributed by atoms with Crippen LogP contribution in [0, 0.1) is 5.41 Å². The van der Waals surface area contributed by atoms with E-state index >= 15 is 0 Å². The monoisotopic (exact) mass is 187 g/mol. The van der Waals surface area contributed by atoms with E-state index in [0.29, 0.717) is 12.1 Å². The molecule has 0 bridgehead atoms. The summed E-state index contributed by atoms with van der Waals surface area (Å²) in [5.74, 6) is 0. The average molecular weight is 187 g/mol. The molecule has 0 aliphatic rings. The third-order valence-electron chi connectivity index (χ3n) is 2.38. The van der Waals surface area contributed by atoms with Crippen LogP contribution < -0.4 is 5.32 Å². The number of rotatable bonds is 5. The molecule has 2 nitrogen and oxygen atoms in total. The van der Waals surface area contributed by atoms with Gasteiger partial charge in [-0.05, 0) is 25.8 Å². The summed E-state index contributed by atoms with van der Waals surface area (Å²) < 4.78 is 5.79. The summed E-state index contributed by atoms with van der Waals surface area (Å²) in [7, 11) is 2.01. The maximum Gasteiger partial charge on any atom is 0.0775 e. The molecule has 0 aromatic carbocycles. The molecule has 0 amide bonds. The Hall–Kier alpha value is -0.0800. The first-order chi connectivity index (χ1) is 5.97. The van der Waals surface area contributed by atoms with Gasteiger partial charge in [0, 0.05) is 12.6 Å². The van der Waals surface area contributed by atoms with Gasteiger partial charge in [-0.25, -0.2) is 0 Å². The number of nitrogens with one attached hydrogen (secondary N) is 1. The molecule has 80 valence electrons. The molecular weight excluding hydrogens is 162 g/mol. The van der Waals surface area contributed by atoms with Crippen molar-refractivity contribution in [2.45, 2.75) is 53.2 Å². The zero-order chi connectivity index (χ0) is 10.5. The number of likely N-dealkylation sites (N-methyl/N-ethyl adjacent to an activating group) is 1. The predicted octanol–water partition coefficient (Wildman–Crippen LogP) is 2.44. The smallest absolute Gasteiger partial charge is 0.0775 e. The van der Waals surface area contributed by atoms with Crippen molar-refractivity contribution in [1.29, 1.82) is 0 Å². The molecule has 0 aromatic heterocycles. The topological polar surface area (TPSA) is 21.3 Å². The largest absolute Gasteiger partial charge is 0.376 e. The lowest BCUT2D eigenvalue weighted by molar-refractivity contribution is -0.0348. The van der Waals surface area contributed by atoms with Crippen LogP contribution in [0.1, 0.15) is 41.0 Å². The van der Waals surface area contributed by atoms with Crippen LogP contribution in [0.4, 0.5) is 0 Å². The number of hydrogen-bond donors (Lipinski definition) is 1. The zero-order valence-corrected chi connectivity index (χ0v) is 9.98. The van der Waals surface area contributed by atoms with Gasteiger partial charge in [0.05, 0.1) is 6.10 Å². The Morgan fingerprint density at radius 1 is 1.23 bits per heavy atom. The van der Waals surface area contributed by atoms with Gasteiger partial charge in [0.15, 0.2) is 0 Å². The Labute approximate surface area is 83.1 Å². The Balaban J connectivity index is 4.38. The summed E-state index contributed by atoms with van der Waals surface area (Å²) in [6.07, 6.45) is 1.41. The van der Waals surface area contributed by atoms with Crippen LogP contribution in [0.2, 0.25) is 0 Å². The summed E-state index contributed by atoms with van der Waals surface area (Å²) >= 11 is 0. The van der Waals surface area contributed by atoms with Gasteiger partial charge in [-0.3, -0.25) is 0 Å². The third kappa shape index (κ3) is 4.10. The zero-order valence-electron chi connectivity index (χ0n) is 9.98. The van der Waals surface area contributed by atoms with Crippen LogP contribution in [0.15, 0.2) is 0 Å². The molecule has 0 aromatic rings. The van der Waals surface area contributed by atoms with Crippen LogP contribution in [0.5, 0.6) is 0 Å². The van der Waals surface area contributed by atoms with Crippen molar-refractivity contribution in [1.82, 2.24) is 5.32 Å². The first kappa shape index (κ1) is 12.9. The first-order valence-corrected chi connectivity index (χ1v) is 5.26. The van der Waals surface area contributed by atoms with Crippen LogP contribution >= 0.6 is 0 Å². The van der Waals surface area contributed by atoms with E-state index in [1.54, 1.807) is 0 Å². The average Bonchev–Trinajstić information content (AvgIpc) is 2.03. The highest BCUT2D eigenvalue weighted by Crippen LogP contribution is 2.26. The fourth-order valence-electron chi connectivity index (χ4n) is 1.72. The molecular formula is C11H25NO. The van der Waals surface area contributed by atoms with Crippen molar-refractivity contribution in [2.24, 2.45) is 5.41 Å². The molecule has 2 atom stereocenters. The van der Waals surface area contributed by atoms with Crippen molar-refractivity contribution in [3.8, 4) is 0 Å². The van der Waals surface area contributed by atoms with E-state index in [1.807, 2.05) is 7.05 Å². The van der Waals surface area contributed by atoms with Gasteiger partial charge in [0.25, 0.3) is 0 Å². The van der Waals surface area contributed by atoms with Gasteiger partial charge in [-0.1, -0.05) is 27.7 Å². The quantitative estimate of drug-likeness (QED) is 0.714. The minimum Gasteiger partial charge on any atom is -0.376 e. The van der Waals surface area contributed by atoms with Gasteiger partial charge in [0.1, 0.15) is 0 Å².